The maximum absolute atomic E-state index is 11.5. The topological polar surface area (TPSA) is 82.0 Å². The Morgan fingerprint density at radius 3 is 2.70 bits per heavy atom. The third kappa shape index (κ3) is 4.62. The fraction of sp³-hybridized carbons (Fsp3) is 0.292. The number of benzene rings is 3. The van der Waals surface area contributed by atoms with Gasteiger partial charge in [-0.15, -0.1) is 0 Å². The molecule has 0 aliphatic carbocycles. The first kappa shape index (κ1) is 20.3. The van der Waals surface area contributed by atoms with Crippen LogP contribution in [-0.4, -0.2) is 59.9 Å². The van der Waals surface area contributed by atoms with E-state index in [1.165, 1.54) is 0 Å². The van der Waals surface area contributed by atoms with Crippen molar-refractivity contribution in [2.24, 2.45) is 0 Å². The first-order valence-electron chi connectivity index (χ1n) is 10.2. The number of piperazine rings is 1. The molecule has 0 saturated carbocycles. The number of aliphatic hydroxyl groups is 2. The quantitative estimate of drug-likeness (QED) is 0.560. The molecule has 4 rings (SSSR count). The van der Waals surface area contributed by atoms with Crippen LogP contribution in [0.5, 0.6) is 5.75 Å². The molecule has 3 N–H and O–H groups in total. The molecule has 30 heavy (non-hydrogen) atoms. The molecule has 3 aromatic rings. The highest BCUT2D eigenvalue weighted by atomic mass is 16.5. The van der Waals surface area contributed by atoms with Gasteiger partial charge in [0, 0.05) is 25.0 Å². The molecule has 1 saturated heterocycles. The molecule has 1 heterocycles. The van der Waals surface area contributed by atoms with Crippen LogP contribution >= 0.6 is 0 Å². The summed E-state index contributed by atoms with van der Waals surface area (Å²) in [6.07, 6.45) is -0.685. The molecule has 1 aliphatic heterocycles. The van der Waals surface area contributed by atoms with Crippen LogP contribution in [0.2, 0.25) is 0 Å². The van der Waals surface area contributed by atoms with E-state index in [0.717, 1.165) is 34.0 Å². The number of carbonyl (C=O) groups is 1. The van der Waals surface area contributed by atoms with E-state index in [1.54, 1.807) is 0 Å². The highest BCUT2D eigenvalue weighted by Gasteiger charge is 2.19. The largest absolute Gasteiger partial charge is 0.490 e. The zero-order valence-corrected chi connectivity index (χ0v) is 16.8. The van der Waals surface area contributed by atoms with E-state index in [-0.39, 0.29) is 19.1 Å². The molecule has 0 bridgehead atoms. The Kier molecular flexibility index (Phi) is 6.28. The van der Waals surface area contributed by atoms with E-state index in [9.17, 15) is 15.0 Å². The van der Waals surface area contributed by atoms with Gasteiger partial charge in [0.1, 0.15) is 18.5 Å². The van der Waals surface area contributed by atoms with Crippen LogP contribution in [0.4, 0.5) is 0 Å². The lowest BCUT2D eigenvalue weighted by Crippen LogP contribution is -2.50. The normalized spacial score (nSPS) is 15.7. The van der Waals surface area contributed by atoms with E-state index < -0.39 is 6.10 Å². The summed E-state index contributed by atoms with van der Waals surface area (Å²) in [5.41, 5.74) is 2.97. The molecule has 1 unspecified atom stereocenters. The fourth-order valence-electron chi connectivity index (χ4n) is 3.87. The van der Waals surface area contributed by atoms with E-state index >= 15 is 0 Å². The van der Waals surface area contributed by atoms with E-state index in [2.05, 4.69) is 5.32 Å². The second-order valence-corrected chi connectivity index (χ2v) is 7.57. The number of nitrogens with one attached hydrogen (secondary N) is 1. The molecule has 0 aromatic heterocycles. The molecule has 1 atom stereocenters. The molecule has 1 aliphatic rings. The number of hydrogen-bond acceptors (Lipinski definition) is 5. The van der Waals surface area contributed by atoms with Crippen molar-refractivity contribution in [2.45, 2.75) is 12.7 Å². The fourth-order valence-corrected chi connectivity index (χ4v) is 3.87. The van der Waals surface area contributed by atoms with Gasteiger partial charge >= 0.3 is 0 Å². The Balaban J connectivity index is 1.52. The molecule has 6 nitrogen and oxygen atoms in total. The number of rotatable bonds is 7. The van der Waals surface area contributed by atoms with Crippen LogP contribution in [0.3, 0.4) is 0 Å². The van der Waals surface area contributed by atoms with Gasteiger partial charge in [-0.25, -0.2) is 0 Å². The number of nitrogens with zero attached hydrogens (tertiary/aromatic N) is 1. The molecule has 6 heteroatoms. The molecule has 1 amide bonds. The van der Waals surface area contributed by atoms with Crippen molar-refractivity contribution >= 4 is 16.7 Å². The summed E-state index contributed by atoms with van der Waals surface area (Å²) in [7, 11) is 0. The summed E-state index contributed by atoms with van der Waals surface area (Å²) in [6, 6.07) is 19.8. The zero-order valence-electron chi connectivity index (χ0n) is 16.8. The molecular formula is C24H26N2O4. The summed E-state index contributed by atoms with van der Waals surface area (Å²) < 4.78 is 5.97. The van der Waals surface area contributed by atoms with Gasteiger partial charge in [0.2, 0.25) is 5.91 Å². The Morgan fingerprint density at radius 2 is 1.90 bits per heavy atom. The first-order valence-corrected chi connectivity index (χ1v) is 10.2. The van der Waals surface area contributed by atoms with Crippen molar-refractivity contribution in [1.29, 1.82) is 0 Å². The van der Waals surface area contributed by atoms with Gasteiger partial charge in [-0.1, -0.05) is 48.5 Å². The lowest BCUT2D eigenvalue weighted by atomic mass is 9.96. The minimum atomic E-state index is -0.685. The second kappa shape index (κ2) is 9.26. The second-order valence-electron chi connectivity index (χ2n) is 7.57. The van der Waals surface area contributed by atoms with Crippen LogP contribution in [0.25, 0.3) is 21.9 Å². The average Bonchev–Trinajstić information content (AvgIpc) is 2.77. The predicted octanol–water partition coefficient (Wildman–Crippen LogP) is 2.17. The van der Waals surface area contributed by atoms with E-state index in [4.69, 9.17) is 4.74 Å². The lowest BCUT2D eigenvalue weighted by Gasteiger charge is -2.28. The molecule has 0 spiro atoms. The third-order valence-electron chi connectivity index (χ3n) is 5.32. The summed E-state index contributed by atoms with van der Waals surface area (Å²) >= 11 is 0. The van der Waals surface area contributed by atoms with E-state index in [0.29, 0.717) is 25.4 Å². The Hall–Kier alpha value is -2.93. The van der Waals surface area contributed by atoms with Crippen molar-refractivity contribution in [2.75, 3.05) is 32.8 Å². The SMILES string of the molecule is O=C1CN(CC(O)COc2ccc(-c3cccc(CO)c3)c3ccccc23)CCN1. The monoisotopic (exact) mass is 406 g/mol. The highest BCUT2D eigenvalue weighted by molar-refractivity contribution is 6.00. The van der Waals surface area contributed by atoms with Crippen LogP contribution in [-0.2, 0) is 11.4 Å². The van der Waals surface area contributed by atoms with Crippen molar-refractivity contribution in [3.63, 3.8) is 0 Å². The number of carbonyl (C=O) groups excluding carboxylic acids is 1. The molecule has 156 valence electrons. The standard InChI is InChI=1S/C24H26N2O4/c27-15-17-4-3-5-18(12-17)20-8-9-23(22-7-2-1-6-21(20)22)30-16-19(28)13-26-11-10-25-24(29)14-26/h1-9,12,19,27-28H,10-11,13-16H2,(H,25,29). The number of fused-ring (bicyclic) bond motifs is 1. The van der Waals surface area contributed by atoms with Gasteiger partial charge in [-0.05, 0) is 34.2 Å². The van der Waals surface area contributed by atoms with Crippen LogP contribution < -0.4 is 10.1 Å². The number of aliphatic hydroxyl groups excluding tert-OH is 2. The Labute approximate surface area is 175 Å². The summed E-state index contributed by atoms with van der Waals surface area (Å²) in [6.45, 7) is 2.20. The molecule has 0 radical (unpaired) electrons. The highest BCUT2D eigenvalue weighted by Crippen LogP contribution is 2.34. The first-order chi connectivity index (χ1) is 14.6. The number of β-amino-alcohol motifs (C(OH)–C–C–N with tert-alkyl or cyclic N) is 1. The summed E-state index contributed by atoms with van der Waals surface area (Å²) in [5.74, 6) is 0.698. The average molecular weight is 406 g/mol. The molecule has 3 aromatic carbocycles. The number of amides is 1. The zero-order chi connectivity index (χ0) is 20.9. The maximum atomic E-state index is 11.5. The minimum Gasteiger partial charge on any atom is -0.490 e. The van der Waals surface area contributed by atoms with Gasteiger partial charge in [0.25, 0.3) is 0 Å². The van der Waals surface area contributed by atoms with Crippen LogP contribution in [0, 0.1) is 0 Å². The van der Waals surface area contributed by atoms with Gasteiger partial charge in [-0.2, -0.15) is 0 Å². The van der Waals surface area contributed by atoms with Crippen molar-refractivity contribution in [3.8, 4) is 16.9 Å². The summed E-state index contributed by atoms with van der Waals surface area (Å²) in [4.78, 5) is 13.4. The third-order valence-corrected chi connectivity index (χ3v) is 5.32. The number of hydrogen-bond donors (Lipinski definition) is 3. The van der Waals surface area contributed by atoms with Crippen molar-refractivity contribution in [1.82, 2.24) is 10.2 Å². The van der Waals surface area contributed by atoms with Gasteiger partial charge in [0.05, 0.1) is 13.2 Å². The predicted molar refractivity (Wildman–Crippen MR) is 116 cm³/mol. The van der Waals surface area contributed by atoms with Crippen LogP contribution in [0.1, 0.15) is 5.56 Å². The van der Waals surface area contributed by atoms with Gasteiger partial charge < -0.3 is 20.3 Å². The smallest absolute Gasteiger partial charge is 0.234 e. The van der Waals surface area contributed by atoms with Gasteiger partial charge in [0.15, 0.2) is 0 Å². The minimum absolute atomic E-state index is 0.00350. The Bertz CT molecular complexity index is 1040. The molecular weight excluding hydrogens is 380 g/mol. The van der Waals surface area contributed by atoms with E-state index in [1.807, 2.05) is 65.6 Å². The van der Waals surface area contributed by atoms with Crippen molar-refractivity contribution < 1.29 is 19.7 Å². The van der Waals surface area contributed by atoms with Crippen LogP contribution in [0.15, 0.2) is 60.7 Å². The lowest BCUT2D eigenvalue weighted by molar-refractivity contribution is -0.124. The molecule has 1 fully saturated rings. The number of ether oxygens (including phenoxy) is 1. The summed E-state index contributed by atoms with van der Waals surface area (Å²) in [5, 5.41) is 24.6. The van der Waals surface area contributed by atoms with Crippen molar-refractivity contribution in [3.05, 3.63) is 66.2 Å². The maximum Gasteiger partial charge on any atom is 0.234 e. The Morgan fingerprint density at radius 1 is 1.07 bits per heavy atom. The van der Waals surface area contributed by atoms with Gasteiger partial charge in [-0.3, -0.25) is 9.69 Å².